The molecule has 0 unspecified atom stereocenters. The van der Waals surface area contributed by atoms with Gasteiger partial charge in [0.1, 0.15) is 0 Å². The van der Waals surface area contributed by atoms with Gasteiger partial charge in [-0.25, -0.2) is 0 Å². The summed E-state index contributed by atoms with van der Waals surface area (Å²) in [5, 5.41) is 17.7. The van der Waals surface area contributed by atoms with Gasteiger partial charge in [0.15, 0.2) is 0 Å². The molecule has 0 bridgehead atoms. The minimum absolute atomic E-state index is 0.183. The number of aliphatic hydroxyl groups is 1. The number of carbonyl (C=O) groups excluding carboxylic acids is 1. The number of hydrogen-bond acceptors (Lipinski definition) is 4. The van der Waals surface area contributed by atoms with Crippen LogP contribution in [0.5, 0.6) is 0 Å². The highest BCUT2D eigenvalue weighted by Gasteiger charge is 2.27. The van der Waals surface area contributed by atoms with Gasteiger partial charge in [-0.1, -0.05) is 0 Å². The van der Waals surface area contributed by atoms with Crippen LogP contribution in [0.4, 0.5) is 0 Å². The first-order valence-electron chi connectivity index (χ1n) is 8.32. The summed E-state index contributed by atoms with van der Waals surface area (Å²) in [6, 6.07) is 2.12. The number of carbonyl (C=O) groups is 1. The number of β-amino-alcohol motifs (C(OH)–C–C–N with tert-alkyl or cyclic N) is 1. The van der Waals surface area contributed by atoms with Crippen LogP contribution in [0.15, 0.2) is 6.07 Å². The average Bonchev–Trinajstić information content (AvgIpc) is 3.09. The van der Waals surface area contributed by atoms with Crippen molar-refractivity contribution in [2.45, 2.75) is 44.6 Å². The minimum Gasteiger partial charge on any atom is -0.390 e. The molecule has 0 spiro atoms. The molecule has 2 saturated heterocycles. The Morgan fingerprint density at radius 3 is 2.95 bits per heavy atom. The summed E-state index contributed by atoms with van der Waals surface area (Å²) in [4.78, 5) is 15.7. The fourth-order valence-electron chi connectivity index (χ4n) is 3.62. The molecule has 1 amide bonds. The van der Waals surface area contributed by atoms with E-state index in [1.807, 2.05) is 6.92 Å². The molecule has 22 heavy (non-hydrogen) atoms. The van der Waals surface area contributed by atoms with E-state index >= 15 is 0 Å². The van der Waals surface area contributed by atoms with E-state index in [4.69, 9.17) is 0 Å². The molecule has 2 aliphatic heterocycles. The molecule has 6 heteroatoms. The predicted molar refractivity (Wildman–Crippen MR) is 83.6 cm³/mol. The maximum Gasteiger partial charge on any atom is 0.222 e. The van der Waals surface area contributed by atoms with Crippen molar-refractivity contribution in [1.29, 1.82) is 0 Å². The van der Waals surface area contributed by atoms with Gasteiger partial charge in [-0.3, -0.25) is 9.89 Å². The Bertz CT molecular complexity index is 516. The van der Waals surface area contributed by atoms with Gasteiger partial charge in [-0.15, -0.1) is 0 Å². The van der Waals surface area contributed by atoms with E-state index in [0.717, 1.165) is 50.3 Å². The molecular formula is C16H26N4O2. The molecule has 2 atom stereocenters. The molecule has 0 aromatic carbocycles. The van der Waals surface area contributed by atoms with Crippen molar-refractivity contribution in [3.63, 3.8) is 0 Å². The number of aromatic amines is 1. The van der Waals surface area contributed by atoms with Gasteiger partial charge in [0.05, 0.1) is 11.8 Å². The quantitative estimate of drug-likeness (QED) is 0.847. The number of aromatic nitrogens is 2. The second-order valence-electron chi connectivity index (χ2n) is 6.67. The number of nitrogens with zero attached hydrogens (tertiary/aromatic N) is 3. The number of piperidine rings is 1. The lowest BCUT2D eigenvalue weighted by atomic mass is 9.94. The summed E-state index contributed by atoms with van der Waals surface area (Å²) < 4.78 is 0. The molecule has 1 aromatic rings. The van der Waals surface area contributed by atoms with Gasteiger partial charge >= 0.3 is 0 Å². The van der Waals surface area contributed by atoms with Crippen LogP contribution in [0, 0.1) is 6.92 Å². The third kappa shape index (κ3) is 3.67. The van der Waals surface area contributed by atoms with Gasteiger partial charge < -0.3 is 14.9 Å². The van der Waals surface area contributed by atoms with Gasteiger partial charge in [-0.2, -0.15) is 5.10 Å². The van der Waals surface area contributed by atoms with E-state index in [-0.39, 0.29) is 5.91 Å². The SMILES string of the molecule is Cc1cc([C@H]2CCCN(C[C@@H](O)CN3CCCC3=O)C2)n[nH]1. The molecule has 0 saturated carbocycles. The summed E-state index contributed by atoms with van der Waals surface area (Å²) in [6.45, 7) is 5.89. The van der Waals surface area contributed by atoms with E-state index < -0.39 is 6.10 Å². The van der Waals surface area contributed by atoms with Gasteiger partial charge in [-0.05, 0) is 38.8 Å². The molecule has 3 rings (SSSR count). The smallest absolute Gasteiger partial charge is 0.222 e. The third-order valence-electron chi connectivity index (χ3n) is 4.72. The van der Waals surface area contributed by atoms with E-state index in [9.17, 15) is 9.90 Å². The molecule has 2 fully saturated rings. The van der Waals surface area contributed by atoms with E-state index in [1.54, 1.807) is 4.90 Å². The highest BCUT2D eigenvalue weighted by atomic mass is 16.3. The Labute approximate surface area is 131 Å². The lowest BCUT2D eigenvalue weighted by molar-refractivity contribution is -0.129. The number of nitrogens with one attached hydrogen (secondary N) is 1. The summed E-state index contributed by atoms with van der Waals surface area (Å²) in [5.41, 5.74) is 2.23. The molecule has 2 N–H and O–H groups in total. The second kappa shape index (κ2) is 6.79. The normalized spacial score (nSPS) is 24.9. The molecule has 6 nitrogen and oxygen atoms in total. The lowest BCUT2D eigenvalue weighted by Crippen LogP contribution is -2.44. The number of amides is 1. The zero-order valence-corrected chi connectivity index (χ0v) is 13.3. The minimum atomic E-state index is -0.457. The summed E-state index contributed by atoms with van der Waals surface area (Å²) >= 11 is 0. The number of rotatable bonds is 5. The maximum absolute atomic E-state index is 11.6. The fourth-order valence-corrected chi connectivity index (χ4v) is 3.62. The molecule has 1 aromatic heterocycles. The van der Waals surface area contributed by atoms with Crippen LogP contribution >= 0.6 is 0 Å². The topological polar surface area (TPSA) is 72.5 Å². The Hall–Kier alpha value is -1.40. The van der Waals surface area contributed by atoms with Crippen molar-refractivity contribution in [3.05, 3.63) is 17.5 Å². The van der Waals surface area contributed by atoms with Crippen molar-refractivity contribution >= 4 is 5.91 Å². The van der Waals surface area contributed by atoms with E-state index in [2.05, 4.69) is 21.2 Å². The molecular weight excluding hydrogens is 280 g/mol. The Morgan fingerprint density at radius 1 is 1.41 bits per heavy atom. The highest BCUT2D eigenvalue weighted by Crippen LogP contribution is 2.26. The van der Waals surface area contributed by atoms with Crippen molar-refractivity contribution in [2.24, 2.45) is 0 Å². The zero-order valence-electron chi connectivity index (χ0n) is 13.3. The molecule has 0 radical (unpaired) electrons. The van der Waals surface area contributed by atoms with Crippen LogP contribution in [0.3, 0.4) is 0 Å². The summed E-state index contributed by atoms with van der Waals surface area (Å²) in [5.74, 6) is 0.627. The Morgan fingerprint density at radius 2 is 2.27 bits per heavy atom. The van der Waals surface area contributed by atoms with Crippen LogP contribution in [0.1, 0.15) is 43.0 Å². The number of aliphatic hydroxyl groups excluding tert-OH is 1. The molecule has 2 aliphatic rings. The predicted octanol–water partition coefficient (Wildman–Crippen LogP) is 0.881. The van der Waals surface area contributed by atoms with Crippen LogP contribution < -0.4 is 0 Å². The van der Waals surface area contributed by atoms with Crippen molar-refractivity contribution in [3.8, 4) is 0 Å². The standard InChI is InChI=1S/C16H26N4O2/c1-12-8-15(18-17-12)13-4-2-6-19(9-13)10-14(21)11-20-7-3-5-16(20)22/h8,13-14,21H,2-7,9-11H2,1H3,(H,17,18)/t13-,14+/m0/s1. The van der Waals surface area contributed by atoms with E-state index in [1.165, 1.54) is 0 Å². The monoisotopic (exact) mass is 306 g/mol. The average molecular weight is 306 g/mol. The van der Waals surface area contributed by atoms with Crippen LogP contribution in [0.2, 0.25) is 0 Å². The highest BCUT2D eigenvalue weighted by molar-refractivity contribution is 5.78. The summed E-state index contributed by atoms with van der Waals surface area (Å²) in [7, 11) is 0. The van der Waals surface area contributed by atoms with Gasteiger partial charge in [0, 0.05) is 44.2 Å². The summed E-state index contributed by atoms with van der Waals surface area (Å²) in [6.07, 6.45) is 3.39. The van der Waals surface area contributed by atoms with Crippen molar-refractivity contribution < 1.29 is 9.90 Å². The third-order valence-corrected chi connectivity index (χ3v) is 4.72. The number of hydrogen-bond donors (Lipinski definition) is 2. The molecule has 122 valence electrons. The second-order valence-corrected chi connectivity index (χ2v) is 6.67. The van der Waals surface area contributed by atoms with Gasteiger partial charge in [0.25, 0.3) is 0 Å². The van der Waals surface area contributed by atoms with Crippen LogP contribution in [-0.2, 0) is 4.79 Å². The zero-order chi connectivity index (χ0) is 15.5. The largest absolute Gasteiger partial charge is 0.390 e. The number of likely N-dealkylation sites (tertiary alicyclic amines) is 2. The van der Waals surface area contributed by atoms with Gasteiger partial charge in [0.2, 0.25) is 5.91 Å². The number of H-pyrrole nitrogens is 1. The van der Waals surface area contributed by atoms with Crippen molar-refractivity contribution in [1.82, 2.24) is 20.0 Å². The number of aryl methyl sites for hydroxylation is 1. The maximum atomic E-state index is 11.6. The van der Waals surface area contributed by atoms with Crippen LogP contribution in [0.25, 0.3) is 0 Å². The van der Waals surface area contributed by atoms with E-state index in [0.29, 0.717) is 25.4 Å². The first-order chi connectivity index (χ1) is 10.6. The Kier molecular flexibility index (Phi) is 4.78. The Balaban J connectivity index is 1.50. The fraction of sp³-hybridized carbons (Fsp3) is 0.750. The van der Waals surface area contributed by atoms with Crippen LogP contribution in [-0.4, -0.2) is 69.8 Å². The first-order valence-corrected chi connectivity index (χ1v) is 8.32. The first kappa shape index (κ1) is 15.5. The lowest BCUT2D eigenvalue weighted by Gasteiger charge is -2.34. The molecule has 3 heterocycles. The van der Waals surface area contributed by atoms with Crippen molar-refractivity contribution in [2.75, 3.05) is 32.7 Å². The molecule has 0 aliphatic carbocycles.